The van der Waals surface area contributed by atoms with Gasteiger partial charge in [0.25, 0.3) is 0 Å². The molecule has 0 saturated heterocycles. The van der Waals surface area contributed by atoms with Crippen LogP contribution in [0.25, 0.3) is 0 Å². The maximum Gasteiger partial charge on any atom is 0.416 e. The Morgan fingerprint density at radius 3 is 2.42 bits per heavy atom. The molecule has 5 heteroatoms. The average Bonchev–Trinajstić information content (AvgIpc) is 2.66. The molecule has 2 N–H and O–H groups in total. The van der Waals surface area contributed by atoms with E-state index in [9.17, 15) is 13.2 Å². The van der Waals surface area contributed by atoms with E-state index in [0.29, 0.717) is 10.6 Å². The van der Waals surface area contributed by atoms with Crippen molar-refractivity contribution in [2.45, 2.75) is 25.9 Å². The summed E-state index contributed by atoms with van der Waals surface area (Å²) in [5, 5.41) is 0.669. The van der Waals surface area contributed by atoms with Gasteiger partial charge in [-0.1, -0.05) is 25.1 Å². The minimum absolute atomic E-state index is 0.146. The van der Waals surface area contributed by atoms with E-state index in [-0.39, 0.29) is 5.92 Å². The molecule has 2 rings (SSSR count). The minimum atomic E-state index is -4.31. The van der Waals surface area contributed by atoms with Crippen LogP contribution >= 0.6 is 11.3 Å². The number of aryl methyl sites for hydroxylation is 1. The van der Waals surface area contributed by atoms with Gasteiger partial charge in [-0.3, -0.25) is 0 Å². The predicted molar refractivity (Wildman–Crippen MR) is 72.4 cm³/mol. The second kappa shape index (κ2) is 4.89. The highest BCUT2D eigenvalue weighted by molar-refractivity contribution is 7.16. The molecule has 19 heavy (non-hydrogen) atoms. The van der Waals surface area contributed by atoms with Crippen molar-refractivity contribution >= 4 is 16.3 Å². The summed E-state index contributed by atoms with van der Waals surface area (Å²) in [6, 6.07) is 7.34. The lowest BCUT2D eigenvalue weighted by Crippen LogP contribution is -2.06. The largest absolute Gasteiger partial charge is 0.416 e. The molecule has 102 valence electrons. The minimum Gasteiger partial charge on any atom is -0.390 e. The summed E-state index contributed by atoms with van der Waals surface area (Å²) < 4.78 is 38.1. The van der Waals surface area contributed by atoms with E-state index in [2.05, 4.69) is 0 Å². The fourth-order valence-electron chi connectivity index (χ4n) is 2.05. The molecule has 0 spiro atoms. The quantitative estimate of drug-likeness (QED) is 0.842. The van der Waals surface area contributed by atoms with Gasteiger partial charge in [0.1, 0.15) is 0 Å². The molecule has 1 aromatic carbocycles. The molecular weight excluding hydrogens is 271 g/mol. The van der Waals surface area contributed by atoms with Crippen molar-refractivity contribution < 1.29 is 13.2 Å². The van der Waals surface area contributed by atoms with Crippen molar-refractivity contribution in [1.29, 1.82) is 0 Å². The van der Waals surface area contributed by atoms with Gasteiger partial charge in [-0.05, 0) is 30.2 Å². The normalized spacial score (nSPS) is 13.5. The third-order valence-corrected chi connectivity index (χ3v) is 3.99. The zero-order valence-corrected chi connectivity index (χ0v) is 11.4. The fraction of sp³-hybridized carbons (Fsp3) is 0.286. The van der Waals surface area contributed by atoms with Crippen molar-refractivity contribution in [2.75, 3.05) is 5.73 Å². The summed E-state index contributed by atoms with van der Waals surface area (Å²) in [4.78, 5) is 1.06. The van der Waals surface area contributed by atoms with E-state index < -0.39 is 11.7 Å². The number of benzene rings is 1. The molecule has 0 fully saturated rings. The topological polar surface area (TPSA) is 26.0 Å². The van der Waals surface area contributed by atoms with E-state index in [1.807, 2.05) is 19.9 Å². The van der Waals surface area contributed by atoms with Crippen molar-refractivity contribution in [3.8, 4) is 0 Å². The lowest BCUT2D eigenvalue weighted by Gasteiger charge is -2.14. The van der Waals surface area contributed by atoms with Gasteiger partial charge in [-0.15, -0.1) is 11.3 Å². The van der Waals surface area contributed by atoms with Crippen molar-refractivity contribution in [2.24, 2.45) is 0 Å². The fourth-order valence-corrected chi connectivity index (χ4v) is 2.94. The predicted octanol–water partition coefficient (Wildman–Crippen LogP) is 4.81. The summed E-state index contributed by atoms with van der Waals surface area (Å²) in [5.41, 5.74) is 6.79. The molecule has 2 aromatic rings. The molecule has 0 aliphatic carbocycles. The summed E-state index contributed by atoms with van der Waals surface area (Å²) >= 11 is 1.46. The number of nitrogens with two attached hydrogens (primary N) is 1. The molecule has 1 nitrogen and oxygen atoms in total. The van der Waals surface area contributed by atoms with Crippen LogP contribution in [0, 0.1) is 6.92 Å². The standard InChI is InChI=1S/C14H14F3NS/c1-8-6-12(13(18)19-8)9(2)10-4-3-5-11(7-10)14(15,16)17/h3-7,9H,18H2,1-2H3. The van der Waals surface area contributed by atoms with Crippen molar-refractivity contribution in [1.82, 2.24) is 0 Å². The number of halogens is 3. The summed E-state index contributed by atoms with van der Waals surface area (Å²) in [5.74, 6) is -0.146. The van der Waals surface area contributed by atoms with E-state index in [0.717, 1.165) is 16.5 Å². The molecule has 0 aliphatic rings. The molecule has 0 bridgehead atoms. The summed E-state index contributed by atoms with van der Waals surface area (Å²) in [6.07, 6.45) is -4.31. The van der Waals surface area contributed by atoms with Crippen LogP contribution in [-0.2, 0) is 6.18 Å². The zero-order chi connectivity index (χ0) is 14.2. The second-order valence-electron chi connectivity index (χ2n) is 4.52. The molecule has 0 saturated carbocycles. The zero-order valence-electron chi connectivity index (χ0n) is 10.6. The first-order valence-corrected chi connectivity index (χ1v) is 6.63. The average molecular weight is 285 g/mol. The Morgan fingerprint density at radius 1 is 1.21 bits per heavy atom. The molecule has 1 atom stereocenters. The summed E-state index contributed by atoms with van der Waals surface area (Å²) in [7, 11) is 0. The van der Waals surface area contributed by atoms with Crippen molar-refractivity contribution in [3.63, 3.8) is 0 Å². The van der Waals surface area contributed by atoms with Gasteiger partial charge < -0.3 is 5.73 Å². The lowest BCUT2D eigenvalue weighted by molar-refractivity contribution is -0.137. The van der Waals surface area contributed by atoms with Gasteiger partial charge in [0.05, 0.1) is 10.6 Å². The Labute approximate surface area is 113 Å². The van der Waals surface area contributed by atoms with Gasteiger partial charge in [-0.2, -0.15) is 13.2 Å². The van der Waals surface area contributed by atoms with Crippen LogP contribution in [0.4, 0.5) is 18.2 Å². The van der Waals surface area contributed by atoms with Crippen molar-refractivity contribution in [3.05, 3.63) is 51.9 Å². The van der Waals surface area contributed by atoms with Crippen LogP contribution in [0.1, 0.15) is 34.4 Å². The van der Waals surface area contributed by atoms with Gasteiger partial charge in [-0.25, -0.2) is 0 Å². The van der Waals surface area contributed by atoms with Crippen LogP contribution < -0.4 is 5.73 Å². The Morgan fingerprint density at radius 2 is 1.89 bits per heavy atom. The first kappa shape index (κ1) is 13.9. The van der Waals surface area contributed by atoms with Gasteiger partial charge >= 0.3 is 6.18 Å². The van der Waals surface area contributed by atoms with Crippen LogP contribution in [0.5, 0.6) is 0 Å². The summed E-state index contributed by atoms with van der Waals surface area (Å²) in [6.45, 7) is 3.80. The Kier molecular flexibility index (Phi) is 3.58. The van der Waals surface area contributed by atoms with E-state index in [4.69, 9.17) is 5.73 Å². The van der Waals surface area contributed by atoms with E-state index >= 15 is 0 Å². The Balaban J connectivity index is 2.39. The third kappa shape index (κ3) is 2.92. The molecule has 1 unspecified atom stereocenters. The molecule has 0 amide bonds. The molecule has 0 radical (unpaired) electrons. The van der Waals surface area contributed by atoms with Crippen LogP contribution in [0.15, 0.2) is 30.3 Å². The van der Waals surface area contributed by atoms with Crippen LogP contribution in [0.3, 0.4) is 0 Å². The Bertz CT molecular complexity index is 587. The number of hydrogen-bond donors (Lipinski definition) is 1. The first-order valence-electron chi connectivity index (χ1n) is 5.82. The SMILES string of the molecule is Cc1cc(C(C)c2cccc(C(F)(F)F)c2)c(N)s1. The van der Waals surface area contributed by atoms with E-state index in [1.165, 1.54) is 23.5 Å². The third-order valence-electron chi connectivity index (χ3n) is 3.09. The van der Waals surface area contributed by atoms with Gasteiger partial charge in [0.2, 0.25) is 0 Å². The molecule has 1 heterocycles. The highest BCUT2D eigenvalue weighted by Gasteiger charge is 2.30. The monoisotopic (exact) mass is 285 g/mol. The highest BCUT2D eigenvalue weighted by atomic mass is 32.1. The smallest absolute Gasteiger partial charge is 0.390 e. The van der Waals surface area contributed by atoms with Crippen LogP contribution in [-0.4, -0.2) is 0 Å². The molecular formula is C14H14F3NS. The number of hydrogen-bond acceptors (Lipinski definition) is 2. The second-order valence-corrected chi connectivity index (χ2v) is 5.81. The molecule has 1 aromatic heterocycles. The maximum absolute atomic E-state index is 12.7. The number of rotatable bonds is 2. The maximum atomic E-state index is 12.7. The number of anilines is 1. The Hall–Kier alpha value is -1.49. The lowest BCUT2D eigenvalue weighted by atomic mass is 9.93. The van der Waals surface area contributed by atoms with Gasteiger partial charge in [0, 0.05) is 10.8 Å². The number of thiophene rings is 1. The number of nitrogen functional groups attached to an aromatic ring is 1. The number of alkyl halides is 3. The highest BCUT2D eigenvalue weighted by Crippen LogP contribution is 2.36. The van der Waals surface area contributed by atoms with Crippen LogP contribution in [0.2, 0.25) is 0 Å². The molecule has 0 aliphatic heterocycles. The van der Waals surface area contributed by atoms with E-state index in [1.54, 1.807) is 6.07 Å². The first-order chi connectivity index (χ1) is 8.79. The van der Waals surface area contributed by atoms with Gasteiger partial charge in [0.15, 0.2) is 0 Å².